The van der Waals surface area contributed by atoms with Crippen LogP contribution in [0.2, 0.25) is 5.02 Å². The fourth-order valence-corrected chi connectivity index (χ4v) is 1.94. The van der Waals surface area contributed by atoms with Crippen molar-refractivity contribution in [3.63, 3.8) is 0 Å². The van der Waals surface area contributed by atoms with Crippen LogP contribution in [-0.4, -0.2) is 5.91 Å². The molecule has 0 aliphatic carbocycles. The van der Waals surface area contributed by atoms with Gasteiger partial charge in [0, 0.05) is 11.3 Å². The molecule has 2 aromatic rings. The van der Waals surface area contributed by atoms with E-state index in [9.17, 15) is 4.79 Å². The number of nitriles is 1. The van der Waals surface area contributed by atoms with Crippen molar-refractivity contribution in [2.45, 2.75) is 13.3 Å². The van der Waals surface area contributed by atoms with E-state index in [1.807, 2.05) is 18.2 Å². The molecule has 0 heterocycles. The Morgan fingerprint density at radius 1 is 1.25 bits per heavy atom. The molecule has 2 aromatic carbocycles. The van der Waals surface area contributed by atoms with Crippen LogP contribution in [0.4, 0.5) is 5.69 Å². The van der Waals surface area contributed by atoms with Crippen molar-refractivity contribution >= 4 is 23.2 Å². The van der Waals surface area contributed by atoms with E-state index in [1.165, 1.54) is 5.56 Å². The highest BCUT2D eigenvalue weighted by Crippen LogP contribution is 2.20. The number of nitrogens with zero attached hydrogens (tertiary/aromatic N) is 1. The molecule has 0 bridgehead atoms. The molecule has 100 valence electrons. The van der Waals surface area contributed by atoms with Crippen LogP contribution >= 0.6 is 11.6 Å². The zero-order valence-electron chi connectivity index (χ0n) is 11.0. The van der Waals surface area contributed by atoms with Crippen LogP contribution in [0.1, 0.15) is 28.4 Å². The van der Waals surface area contributed by atoms with Gasteiger partial charge in [-0.1, -0.05) is 30.7 Å². The molecule has 0 unspecified atom stereocenters. The average Bonchev–Trinajstić information content (AvgIpc) is 2.49. The van der Waals surface area contributed by atoms with Gasteiger partial charge in [-0.2, -0.15) is 5.26 Å². The number of hydrogen-bond donors (Lipinski definition) is 1. The molecule has 0 saturated carbocycles. The highest BCUT2D eigenvalue weighted by Gasteiger charge is 2.07. The Morgan fingerprint density at radius 3 is 2.55 bits per heavy atom. The summed E-state index contributed by atoms with van der Waals surface area (Å²) in [6.07, 6.45) is 0.935. The van der Waals surface area contributed by atoms with Crippen molar-refractivity contribution < 1.29 is 4.79 Å². The third kappa shape index (κ3) is 3.17. The Balaban J connectivity index is 2.17. The van der Waals surface area contributed by atoms with Crippen LogP contribution in [0.3, 0.4) is 0 Å². The normalized spacial score (nSPS) is 9.85. The number of hydrogen-bond acceptors (Lipinski definition) is 2. The molecule has 1 amide bonds. The van der Waals surface area contributed by atoms with Crippen molar-refractivity contribution in [2.24, 2.45) is 0 Å². The molecule has 0 aliphatic heterocycles. The second-order valence-corrected chi connectivity index (χ2v) is 4.72. The summed E-state index contributed by atoms with van der Waals surface area (Å²) in [5.74, 6) is -0.209. The third-order valence-corrected chi connectivity index (χ3v) is 3.30. The quantitative estimate of drug-likeness (QED) is 0.925. The predicted octanol–water partition coefficient (Wildman–Crippen LogP) is 4.03. The minimum atomic E-state index is -0.209. The standard InChI is InChI=1S/C16H13ClN2O/c1-2-11-3-5-12(6-4-11)16(20)19-14-7-8-15(17)13(9-14)10-18/h3-9H,2H2,1H3,(H,19,20). The maximum absolute atomic E-state index is 12.1. The van der Waals surface area contributed by atoms with Gasteiger partial charge in [-0.25, -0.2) is 0 Å². The van der Waals surface area contributed by atoms with Crippen LogP contribution < -0.4 is 5.32 Å². The molecule has 1 N–H and O–H groups in total. The fourth-order valence-electron chi connectivity index (χ4n) is 1.78. The fraction of sp³-hybridized carbons (Fsp3) is 0.125. The van der Waals surface area contributed by atoms with Gasteiger partial charge in [-0.3, -0.25) is 4.79 Å². The zero-order valence-corrected chi connectivity index (χ0v) is 11.7. The molecule has 0 atom stereocenters. The molecule has 0 radical (unpaired) electrons. The number of rotatable bonds is 3. The van der Waals surface area contributed by atoms with Gasteiger partial charge in [-0.15, -0.1) is 0 Å². The first-order valence-electron chi connectivity index (χ1n) is 6.24. The van der Waals surface area contributed by atoms with Gasteiger partial charge in [0.05, 0.1) is 10.6 Å². The summed E-state index contributed by atoms with van der Waals surface area (Å²) in [6.45, 7) is 2.06. The average molecular weight is 285 g/mol. The number of anilines is 1. The van der Waals surface area contributed by atoms with E-state index in [2.05, 4.69) is 12.2 Å². The van der Waals surface area contributed by atoms with E-state index in [-0.39, 0.29) is 5.91 Å². The summed E-state index contributed by atoms with van der Waals surface area (Å²) < 4.78 is 0. The van der Waals surface area contributed by atoms with Crippen LogP contribution in [0.5, 0.6) is 0 Å². The number of carbonyl (C=O) groups is 1. The maximum atomic E-state index is 12.1. The minimum Gasteiger partial charge on any atom is -0.322 e. The van der Waals surface area contributed by atoms with E-state index in [0.717, 1.165) is 6.42 Å². The SMILES string of the molecule is CCc1ccc(C(=O)Nc2ccc(Cl)c(C#N)c2)cc1. The van der Waals surface area contributed by atoms with Gasteiger partial charge in [0.2, 0.25) is 0 Å². The van der Waals surface area contributed by atoms with Crippen molar-refractivity contribution in [3.05, 3.63) is 64.2 Å². The van der Waals surface area contributed by atoms with Gasteiger partial charge < -0.3 is 5.32 Å². The molecular weight excluding hydrogens is 272 g/mol. The van der Waals surface area contributed by atoms with Crippen LogP contribution in [0.25, 0.3) is 0 Å². The summed E-state index contributed by atoms with van der Waals surface area (Å²) >= 11 is 5.85. The van der Waals surface area contributed by atoms with E-state index in [0.29, 0.717) is 21.8 Å². The smallest absolute Gasteiger partial charge is 0.255 e. The summed E-state index contributed by atoms with van der Waals surface area (Å²) in [6, 6.07) is 14.2. The lowest BCUT2D eigenvalue weighted by Gasteiger charge is -2.07. The highest BCUT2D eigenvalue weighted by atomic mass is 35.5. The number of aryl methyl sites for hydroxylation is 1. The first-order valence-corrected chi connectivity index (χ1v) is 6.61. The monoisotopic (exact) mass is 284 g/mol. The van der Waals surface area contributed by atoms with Crippen LogP contribution in [0.15, 0.2) is 42.5 Å². The second kappa shape index (κ2) is 6.23. The maximum Gasteiger partial charge on any atom is 0.255 e. The first kappa shape index (κ1) is 14.1. The molecule has 20 heavy (non-hydrogen) atoms. The summed E-state index contributed by atoms with van der Waals surface area (Å²) in [7, 11) is 0. The lowest BCUT2D eigenvalue weighted by atomic mass is 10.1. The van der Waals surface area contributed by atoms with Crippen molar-refractivity contribution in [2.75, 3.05) is 5.32 Å². The van der Waals surface area contributed by atoms with Gasteiger partial charge in [0.1, 0.15) is 6.07 Å². The Hall–Kier alpha value is -2.31. The molecule has 0 saturated heterocycles. The molecule has 0 aromatic heterocycles. The van der Waals surface area contributed by atoms with Crippen LogP contribution in [-0.2, 0) is 6.42 Å². The highest BCUT2D eigenvalue weighted by molar-refractivity contribution is 6.31. The van der Waals surface area contributed by atoms with Crippen molar-refractivity contribution in [3.8, 4) is 6.07 Å². The van der Waals surface area contributed by atoms with Gasteiger partial charge in [0.25, 0.3) is 5.91 Å². The lowest BCUT2D eigenvalue weighted by Crippen LogP contribution is -2.11. The largest absolute Gasteiger partial charge is 0.322 e. The number of nitrogens with one attached hydrogen (secondary N) is 1. The molecule has 2 rings (SSSR count). The molecule has 0 spiro atoms. The number of amides is 1. The molecular formula is C16H13ClN2O. The first-order chi connectivity index (χ1) is 9.63. The minimum absolute atomic E-state index is 0.209. The second-order valence-electron chi connectivity index (χ2n) is 4.31. The Kier molecular flexibility index (Phi) is 4.39. The van der Waals surface area contributed by atoms with Crippen molar-refractivity contribution in [1.82, 2.24) is 0 Å². The number of halogens is 1. The van der Waals surface area contributed by atoms with Crippen molar-refractivity contribution in [1.29, 1.82) is 5.26 Å². The summed E-state index contributed by atoms with van der Waals surface area (Å²) in [5, 5.41) is 12.0. The Labute approximate surface area is 122 Å². The van der Waals surface area contributed by atoms with Crippen LogP contribution in [0, 0.1) is 11.3 Å². The topological polar surface area (TPSA) is 52.9 Å². The van der Waals surface area contributed by atoms with E-state index < -0.39 is 0 Å². The number of benzene rings is 2. The van der Waals surface area contributed by atoms with Gasteiger partial charge >= 0.3 is 0 Å². The molecule has 0 fully saturated rings. The molecule has 4 heteroatoms. The van der Waals surface area contributed by atoms with Gasteiger partial charge in [-0.05, 0) is 42.3 Å². The summed E-state index contributed by atoms with van der Waals surface area (Å²) in [4.78, 5) is 12.1. The van der Waals surface area contributed by atoms with Gasteiger partial charge in [0.15, 0.2) is 0 Å². The Bertz CT molecular complexity index is 672. The van der Waals surface area contributed by atoms with E-state index in [4.69, 9.17) is 16.9 Å². The Morgan fingerprint density at radius 2 is 1.95 bits per heavy atom. The zero-order chi connectivity index (χ0) is 14.5. The molecule has 0 aliphatic rings. The predicted molar refractivity (Wildman–Crippen MR) is 79.9 cm³/mol. The number of carbonyl (C=O) groups excluding carboxylic acids is 1. The third-order valence-electron chi connectivity index (χ3n) is 2.97. The molecule has 3 nitrogen and oxygen atoms in total. The van der Waals surface area contributed by atoms with E-state index in [1.54, 1.807) is 30.3 Å². The van der Waals surface area contributed by atoms with E-state index >= 15 is 0 Å². The lowest BCUT2D eigenvalue weighted by molar-refractivity contribution is 0.102. The summed E-state index contributed by atoms with van der Waals surface area (Å²) in [5.41, 5.74) is 2.65.